The van der Waals surface area contributed by atoms with E-state index in [4.69, 9.17) is 21.1 Å². The Bertz CT molecular complexity index is 1110. The van der Waals surface area contributed by atoms with Crippen LogP contribution < -0.4 is 9.64 Å². The number of rotatable bonds is 4. The van der Waals surface area contributed by atoms with Gasteiger partial charge in [0.1, 0.15) is 5.75 Å². The van der Waals surface area contributed by atoms with Crippen molar-refractivity contribution in [1.29, 1.82) is 0 Å². The van der Waals surface area contributed by atoms with Gasteiger partial charge in [-0.2, -0.15) is 4.31 Å². The topological polar surface area (TPSA) is 93.2 Å². The lowest BCUT2D eigenvalue weighted by molar-refractivity contribution is -0.148. The highest BCUT2D eigenvalue weighted by atomic mass is 35.5. The van der Waals surface area contributed by atoms with Crippen molar-refractivity contribution in [2.75, 3.05) is 31.6 Å². The number of carbonyl (C=O) groups is 2. The molecule has 1 amide bonds. The fourth-order valence-corrected chi connectivity index (χ4v) is 5.61. The van der Waals surface area contributed by atoms with Gasteiger partial charge in [-0.1, -0.05) is 23.7 Å². The minimum atomic E-state index is -3.66. The average molecular weight is 479 g/mol. The maximum Gasteiger partial charge on any atom is 0.348 e. The summed E-state index contributed by atoms with van der Waals surface area (Å²) in [4.78, 5) is 27.2. The van der Waals surface area contributed by atoms with Crippen LogP contribution >= 0.6 is 11.6 Å². The summed E-state index contributed by atoms with van der Waals surface area (Å²) in [5, 5.41) is 0.462. The van der Waals surface area contributed by atoms with Crippen LogP contribution in [0.15, 0.2) is 53.4 Å². The number of anilines is 1. The number of halogens is 1. The lowest BCUT2D eigenvalue weighted by atomic mass is 9.95. The van der Waals surface area contributed by atoms with Gasteiger partial charge in [-0.3, -0.25) is 4.79 Å². The molecule has 0 bridgehead atoms. The zero-order valence-corrected chi connectivity index (χ0v) is 19.0. The second-order valence-corrected chi connectivity index (χ2v) is 10.1. The van der Waals surface area contributed by atoms with Gasteiger partial charge in [-0.25, -0.2) is 13.2 Å². The standard InChI is InChI=1S/C22H23ClN2O6S/c1-30-22(27)20-14-25(18-4-2-3-5-19(18)31-20)21(26)15-10-12-24(13-11-15)32(28,29)17-8-6-16(23)7-9-17/h2-9,15,20H,10-14H2,1H3/t20-/m0/s1. The first-order valence-electron chi connectivity index (χ1n) is 10.2. The van der Waals surface area contributed by atoms with E-state index < -0.39 is 22.1 Å². The zero-order chi connectivity index (χ0) is 22.9. The SMILES string of the molecule is COC(=O)[C@@H]1CN(C(=O)C2CCN(S(=O)(=O)c3ccc(Cl)cc3)CC2)c2ccccc2O1. The maximum absolute atomic E-state index is 13.4. The fraction of sp³-hybridized carbons (Fsp3) is 0.364. The summed E-state index contributed by atoms with van der Waals surface area (Å²) in [5.41, 5.74) is 0.592. The van der Waals surface area contributed by atoms with Crippen LogP contribution in [0.25, 0.3) is 0 Å². The highest BCUT2D eigenvalue weighted by Crippen LogP contribution is 2.36. The first-order valence-corrected chi connectivity index (χ1v) is 12.0. The summed E-state index contributed by atoms with van der Waals surface area (Å²) in [5.74, 6) is -0.638. The molecule has 0 radical (unpaired) electrons. The van der Waals surface area contributed by atoms with E-state index in [1.54, 1.807) is 29.2 Å². The quantitative estimate of drug-likeness (QED) is 0.627. The van der Waals surface area contributed by atoms with Crippen LogP contribution in [-0.4, -0.2) is 57.4 Å². The van der Waals surface area contributed by atoms with Crippen molar-refractivity contribution in [3.63, 3.8) is 0 Å². The highest BCUT2D eigenvalue weighted by molar-refractivity contribution is 7.89. The van der Waals surface area contributed by atoms with Gasteiger partial charge in [0.25, 0.3) is 0 Å². The Hall–Kier alpha value is -2.62. The summed E-state index contributed by atoms with van der Waals surface area (Å²) in [6, 6.07) is 13.1. The first kappa shape index (κ1) is 22.6. The number of esters is 1. The minimum absolute atomic E-state index is 0.0474. The second kappa shape index (κ2) is 9.09. The first-order chi connectivity index (χ1) is 15.3. The van der Waals surface area contributed by atoms with Gasteiger partial charge in [0.05, 0.1) is 24.2 Å². The number of amides is 1. The Labute approximate surface area is 191 Å². The molecule has 32 heavy (non-hydrogen) atoms. The third kappa shape index (κ3) is 4.32. The molecule has 2 aromatic carbocycles. The molecule has 0 saturated carbocycles. The van der Waals surface area contributed by atoms with Gasteiger partial charge in [0, 0.05) is 24.0 Å². The third-order valence-electron chi connectivity index (χ3n) is 5.76. The number of fused-ring (bicyclic) bond motifs is 1. The third-order valence-corrected chi connectivity index (χ3v) is 7.92. The van der Waals surface area contributed by atoms with Crippen LogP contribution in [0, 0.1) is 5.92 Å². The molecule has 1 atom stereocenters. The summed E-state index contributed by atoms with van der Waals surface area (Å²) in [6.07, 6.45) is -0.147. The van der Waals surface area contributed by atoms with Crippen molar-refractivity contribution in [2.45, 2.75) is 23.8 Å². The molecule has 2 aliphatic rings. The van der Waals surface area contributed by atoms with Gasteiger partial charge in [0.2, 0.25) is 22.0 Å². The van der Waals surface area contributed by atoms with Gasteiger partial charge in [-0.05, 0) is 49.2 Å². The van der Waals surface area contributed by atoms with Crippen LogP contribution in [-0.2, 0) is 24.3 Å². The Kier molecular flexibility index (Phi) is 6.41. The summed E-state index contributed by atoms with van der Waals surface area (Å²) >= 11 is 5.86. The molecular weight excluding hydrogens is 456 g/mol. The highest BCUT2D eigenvalue weighted by Gasteiger charge is 2.39. The van der Waals surface area contributed by atoms with E-state index in [1.807, 2.05) is 0 Å². The van der Waals surface area contributed by atoms with Crippen molar-refractivity contribution < 1.29 is 27.5 Å². The van der Waals surface area contributed by atoms with Crippen molar-refractivity contribution in [3.05, 3.63) is 53.6 Å². The Morgan fingerprint density at radius 2 is 1.72 bits per heavy atom. The van der Waals surface area contributed by atoms with Gasteiger partial charge >= 0.3 is 5.97 Å². The van der Waals surface area contributed by atoms with Crippen LogP contribution in [0.3, 0.4) is 0 Å². The maximum atomic E-state index is 13.4. The number of para-hydroxylation sites is 2. The average Bonchev–Trinajstić information content (AvgIpc) is 2.82. The Morgan fingerprint density at radius 1 is 1.06 bits per heavy atom. The molecule has 2 heterocycles. The monoisotopic (exact) mass is 478 g/mol. The van der Waals surface area contributed by atoms with Crippen molar-refractivity contribution in [2.24, 2.45) is 5.92 Å². The minimum Gasteiger partial charge on any atom is -0.475 e. The molecule has 0 unspecified atom stereocenters. The van der Waals surface area contributed by atoms with Crippen LogP contribution in [0.2, 0.25) is 5.02 Å². The van der Waals surface area contributed by atoms with Gasteiger partial charge < -0.3 is 14.4 Å². The van der Waals surface area contributed by atoms with Crippen LogP contribution in [0.5, 0.6) is 5.75 Å². The number of nitrogens with zero attached hydrogens (tertiary/aromatic N) is 2. The smallest absolute Gasteiger partial charge is 0.348 e. The number of sulfonamides is 1. The van der Waals surface area contributed by atoms with E-state index in [1.165, 1.54) is 35.7 Å². The van der Waals surface area contributed by atoms with Crippen LogP contribution in [0.4, 0.5) is 5.69 Å². The molecule has 1 fully saturated rings. The molecule has 0 N–H and O–H groups in total. The molecule has 10 heteroatoms. The predicted molar refractivity (Wildman–Crippen MR) is 118 cm³/mol. The zero-order valence-electron chi connectivity index (χ0n) is 17.4. The number of hydrogen-bond acceptors (Lipinski definition) is 6. The summed E-state index contributed by atoms with van der Waals surface area (Å²) < 4.78 is 37.7. The normalized spacial score (nSPS) is 19.7. The Morgan fingerprint density at radius 3 is 2.38 bits per heavy atom. The molecule has 0 spiro atoms. The van der Waals surface area contributed by atoms with E-state index in [9.17, 15) is 18.0 Å². The molecule has 0 aliphatic carbocycles. The predicted octanol–water partition coefficient (Wildman–Crippen LogP) is 2.71. The molecule has 2 aliphatic heterocycles. The Balaban J connectivity index is 1.48. The van der Waals surface area contributed by atoms with E-state index in [0.29, 0.717) is 29.3 Å². The van der Waals surface area contributed by atoms with Crippen LogP contribution in [0.1, 0.15) is 12.8 Å². The van der Waals surface area contributed by atoms with E-state index in [0.717, 1.165) is 0 Å². The van der Waals surface area contributed by atoms with Gasteiger partial charge in [-0.15, -0.1) is 0 Å². The fourth-order valence-electron chi connectivity index (χ4n) is 4.02. The van der Waals surface area contributed by atoms with Gasteiger partial charge in [0.15, 0.2) is 0 Å². The van der Waals surface area contributed by atoms with Crippen molar-refractivity contribution >= 4 is 39.2 Å². The number of ether oxygens (including phenoxy) is 2. The molecule has 0 aromatic heterocycles. The molecular formula is C22H23ClN2O6S. The second-order valence-electron chi connectivity index (χ2n) is 7.68. The number of methoxy groups -OCH3 is 1. The number of benzene rings is 2. The number of carbonyl (C=O) groups excluding carboxylic acids is 2. The summed E-state index contributed by atoms with van der Waals surface area (Å²) in [7, 11) is -2.38. The number of hydrogen-bond donors (Lipinski definition) is 0. The van der Waals surface area contributed by atoms with E-state index in [-0.39, 0.29) is 36.4 Å². The van der Waals surface area contributed by atoms with E-state index in [2.05, 4.69) is 0 Å². The molecule has 170 valence electrons. The van der Waals surface area contributed by atoms with E-state index >= 15 is 0 Å². The lowest BCUT2D eigenvalue weighted by Gasteiger charge is -2.37. The lowest BCUT2D eigenvalue weighted by Crippen LogP contribution is -2.51. The summed E-state index contributed by atoms with van der Waals surface area (Å²) in [6.45, 7) is 0.507. The molecule has 4 rings (SSSR count). The number of piperidine rings is 1. The van der Waals surface area contributed by atoms with Crippen molar-refractivity contribution in [3.8, 4) is 5.75 Å². The molecule has 1 saturated heterocycles. The molecule has 2 aromatic rings. The largest absolute Gasteiger partial charge is 0.475 e. The van der Waals surface area contributed by atoms with Crippen molar-refractivity contribution in [1.82, 2.24) is 4.31 Å². The molecule has 8 nitrogen and oxygen atoms in total.